The number of amides is 1. The van der Waals surface area contributed by atoms with E-state index in [1.54, 1.807) is 0 Å². The number of aliphatic hydroxyl groups excluding tert-OH is 1. The van der Waals surface area contributed by atoms with Crippen molar-refractivity contribution in [1.29, 1.82) is 0 Å². The molecule has 116 valence electrons. The topological polar surface area (TPSA) is 40.5 Å². The first kappa shape index (κ1) is 16.4. The summed E-state index contributed by atoms with van der Waals surface area (Å²) in [6.45, 7) is 1.97. The highest BCUT2D eigenvalue weighted by atomic mass is 32.2. The van der Waals surface area contributed by atoms with Gasteiger partial charge in [-0.05, 0) is 49.5 Å². The molecular weight excluding hydrogens is 282 g/mol. The second kappa shape index (κ2) is 9.11. The maximum absolute atomic E-state index is 12.2. The van der Waals surface area contributed by atoms with E-state index in [4.69, 9.17) is 5.11 Å². The Morgan fingerprint density at radius 3 is 2.90 bits per heavy atom. The highest BCUT2D eigenvalue weighted by molar-refractivity contribution is 7.99. The number of thioether (sulfide) groups is 1. The third-order valence-corrected chi connectivity index (χ3v) is 5.05. The molecule has 1 N–H and O–H groups in total. The van der Waals surface area contributed by atoms with Crippen molar-refractivity contribution < 1.29 is 9.90 Å². The minimum absolute atomic E-state index is 0.237. The summed E-state index contributed by atoms with van der Waals surface area (Å²) in [5.74, 6) is 1.77. The van der Waals surface area contributed by atoms with E-state index in [9.17, 15) is 4.79 Å². The first-order chi connectivity index (χ1) is 10.3. The number of likely N-dealkylation sites (tertiary alicyclic amines) is 1. The molecule has 0 aliphatic carbocycles. The van der Waals surface area contributed by atoms with Gasteiger partial charge in [0, 0.05) is 31.0 Å². The molecule has 1 aliphatic heterocycles. The zero-order chi connectivity index (χ0) is 14.9. The van der Waals surface area contributed by atoms with Gasteiger partial charge in [0.1, 0.15) is 0 Å². The normalized spacial score (nSPS) is 18.7. The Balaban J connectivity index is 1.65. The molecule has 0 radical (unpaired) electrons. The van der Waals surface area contributed by atoms with Gasteiger partial charge in [0.2, 0.25) is 5.91 Å². The van der Waals surface area contributed by atoms with Gasteiger partial charge in [0.25, 0.3) is 0 Å². The van der Waals surface area contributed by atoms with Gasteiger partial charge in [-0.1, -0.05) is 18.2 Å². The SMILES string of the molecule is O=C(CCCSc1ccccc1)N1CCCC(CCO)C1. The van der Waals surface area contributed by atoms with Crippen LogP contribution in [0, 0.1) is 5.92 Å². The van der Waals surface area contributed by atoms with E-state index >= 15 is 0 Å². The fourth-order valence-corrected chi connectivity index (χ4v) is 3.67. The highest BCUT2D eigenvalue weighted by Gasteiger charge is 2.22. The first-order valence-electron chi connectivity index (χ1n) is 7.86. The molecule has 1 unspecified atom stereocenters. The summed E-state index contributed by atoms with van der Waals surface area (Å²) in [7, 11) is 0. The lowest BCUT2D eigenvalue weighted by Gasteiger charge is -2.32. The molecule has 1 fully saturated rings. The van der Waals surface area contributed by atoms with Crippen LogP contribution in [0.5, 0.6) is 0 Å². The number of nitrogens with zero attached hydrogens (tertiary/aromatic N) is 1. The van der Waals surface area contributed by atoms with Crippen LogP contribution < -0.4 is 0 Å². The monoisotopic (exact) mass is 307 g/mol. The molecular formula is C17H25NO2S. The van der Waals surface area contributed by atoms with Crippen molar-refractivity contribution >= 4 is 17.7 Å². The standard InChI is InChI=1S/C17H25NO2S/c19-12-10-15-6-4-11-18(14-15)17(20)9-5-13-21-16-7-2-1-3-8-16/h1-3,7-8,15,19H,4-6,9-14H2. The van der Waals surface area contributed by atoms with E-state index in [0.29, 0.717) is 12.3 Å². The number of piperidine rings is 1. The molecule has 1 aromatic rings. The van der Waals surface area contributed by atoms with E-state index in [-0.39, 0.29) is 12.5 Å². The molecule has 1 atom stereocenters. The Hall–Kier alpha value is -1.00. The predicted octanol–water partition coefficient (Wildman–Crippen LogP) is 3.18. The van der Waals surface area contributed by atoms with Gasteiger partial charge in [-0.25, -0.2) is 0 Å². The number of benzene rings is 1. The van der Waals surface area contributed by atoms with Crippen molar-refractivity contribution in [3.8, 4) is 0 Å². The Labute approximate surface area is 131 Å². The van der Waals surface area contributed by atoms with Crippen molar-refractivity contribution in [3.63, 3.8) is 0 Å². The summed E-state index contributed by atoms with van der Waals surface area (Å²) < 4.78 is 0. The fraction of sp³-hybridized carbons (Fsp3) is 0.588. The summed E-state index contributed by atoms with van der Waals surface area (Å²) in [4.78, 5) is 15.5. The zero-order valence-electron chi connectivity index (χ0n) is 12.5. The average molecular weight is 307 g/mol. The van der Waals surface area contributed by atoms with E-state index < -0.39 is 0 Å². The lowest BCUT2D eigenvalue weighted by Crippen LogP contribution is -2.40. The summed E-state index contributed by atoms with van der Waals surface area (Å²) in [6.07, 6.45) is 4.63. The number of rotatable bonds is 7. The molecule has 2 rings (SSSR count). The van der Waals surface area contributed by atoms with E-state index in [1.807, 2.05) is 34.9 Å². The number of hydrogen-bond acceptors (Lipinski definition) is 3. The largest absolute Gasteiger partial charge is 0.396 e. The maximum Gasteiger partial charge on any atom is 0.222 e. The quantitative estimate of drug-likeness (QED) is 0.621. The van der Waals surface area contributed by atoms with Crippen molar-refractivity contribution in [3.05, 3.63) is 30.3 Å². The first-order valence-corrected chi connectivity index (χ1v) is 8.84. The van der Waals surface area contributed by atoms with Crippen LogP contribution in [-0.2, 0) is 4.79 Å². The summed E-state index contributed by atoms with van der Waals surface area (Å²) >= 11 is 1.81. The minimum atomic E-state index is 0.237. The molecule has 21 heavy (non-hydrogen) atoms. The molecule has 1 saturated heterocycles. The fourth-order valence-electron chi connectivity index (χ4n) is 2.80. The van der Waals surface area contributed by atoms with Crippen LogP contribution in [0.1, 0.15) is 32.1 Å². The lowest BCUT2D eigenvalue weighted by molar-refractivity contribution is -0.133. The van der Waals surface area contributed by atoms with Crippen molar-refractivity contribution in [2.75, 3.05) is 25.4 Å². The number of hydrogen-bond donors (Lipinski definition) is 1. The summed E-state index contributed by atoms with van der Waals surface area (Å²) in [5, 5.41) is 9.02. The van der Waals surface area contributed by atoms with E-state index in [2.05, 4.69) is 12.1 Å². The average Bonchev–Trinajstić information content (AvgIpc) is 2.53. The van der Waals surface area contributed by atoms with Gasteiger partial charge >= 0.3 is 0 Å². The van der Waals surface area contributed by atoms with Crippen LogP contribution in [0.4, 0.5) is 0 Å². The second-order valence-corrected chi connectivity index (χ2v) is 6.79. The third-order valence-electron chi connectivity index (χ3n) is 3.96. The van der Waals surface area contributed by atoms with E-state index in [1.165, 1.54) is 4.90 Å². The van der Waals surface area contributed by atoms with Crippen molar-refractivity contribution in [2.45, 2.75) is 37.0 Å². The molecule has 1 aromatic carbocycles. The maximum atomic E-state index is 12.2. The Bertz CT molecular complexity index is 422. The summed E-state index contributed by atoms with van der Waals surface area (Å²) in [6, 6.07) is 10.3. The molecule has 1 aliphatic rings. The molecule has 0 spiro atoms. The zero-order valence-corrected chi connectivity index (χ0v) is 13.4. The predicted molar refractivity (Wildman–Crippen MR) is 87.4 cm³/mol. The van der Waals surface area contributed by atoms with Crippen molar-refractivity contribution in [2.24, 2.45) is 5.92 Å². The molecule has 3 nitrogen and oxygen atoms in total. The second-order valence-electron chi connectivity index (χ2n) is 5.63. The molecule has 0 saturated carbocycles. The lowest BCUT2D eigenvalue weighted by atomic mass is 9.95. The number of carbonyl (C=O) groups excluding carboxylic acids is 1. The van der Waals surface area contributed by atoms with Crippen LogP contribution in [0.3, 0.4) is 0 Å². The molecule has 0 aromatic heterocycles. The highest BCUT2D eigenvalue weighted by Crippen LogP contribution is 2.21. The third kappa shape index (κ3) is 5.71. The molecule has 1 heterocycles. The molecule has 0 bridgehead atoms. The van der Waals surface area contributed by atoms with Gasteiger partial charge in [-0.2, -0.15) is 0 Å². The van der Waals surface area contributed by atoms with Crippen LogP contribution in [-0.4, -0.2) is 41.4 Å². The van der Waals surface area contributed by atoms with Gasteiger partial charge in [0.15, 0.2) is 0 Å². The Kier molecular flexibility index (Phi) is 7.10. The van der Waals surface area contributed by atoms with Crippen LogP contribution in [0.25, 0.3) is 0 Å². The number of carbonyl (C=O) groups is 1. The van der Waals surface area contributed by atoms with E-state index in [0.717, 1.165) is 44.5 Å². The molecule has 1 amide bonds. The van der Waals surface area contributed by atoms with Crippen LogP contribution in [0.15, 0.2) is 35.2 Å². The number of aliphatic hydroxyl groups is 1. The van der Waals surface area contributed by atoms with Gasteiger partial charge < -0.3 is 10.0 Å². The molecule has 4 heteroatoms. The van der Waals surface area contributed by atoms with Crippen LogP contribution >= 0.6 is 11.8 Å². The summed E-state index contributed by atoms with van der Waals surface area (Å²) in [5.41, 5.74) is 0. The van der Waals surface area contributed by atoms with Gasteiger partial charge in [0.05, 0.1) is 0 Å². The van der Waals surface area contributed by atoms with Crippen LogP contribution in [0.2, 0.25) is 0 Å². The van der Waals surface area contributed by atoms with Gasteiger partial charge in [-0.15, -0.1) is 11.8 Å². The van der Waals surface area contributed by atoms with Gasteiger partial charge in [-0.3, -0.25) is 4.79 Å². The smallest absolute Gasteiger partial charge is 0.222 e. The Morgan fingerprint density at radius 2 is 2.14 bits per heavy atom. The Morgan fingerprint density at radius 1 is 1.33 bits per heavy atom. The van der Waals surface area contributed by atoms with Crippen molar-refractivity contribution in [1.82, 2.24) is 4.90 Å². The minimum Gasteiger partial charge on any atom is -0.396 e.